The first kappa shape index (κ1) is 30.0. The molecule has 1 spiro atoms. The quantitative estimate of drug-likeness (QED) is 0.184. The van der Waals surface area contributed by atoms with E-state index in [1.54, 1.807) is 11.1 Å². The predicted octanol–water partition coefficient (Wildman–Crippen LogP) is 13.2. The molecule has 0 aliphatic heterocycles. The summed E-state index contributed by atoms with van der Waals surface area (Å²) in [6.45, 7) is 7.27. The Morgan fingerprint density at radius 1 is 0.520 bits per heavy atom. The molecule has 2 fully saturated rings. The van der Waals surface area contributed by atoms with Crippen molar-refractivity contribution in [3.8, 4) is 33.4 Å². The number of benzene rings is 6. The molecule has 4 unspecified atom stereocenters. The van der Waals surface area contributed by atoms with Crippen molar-refractivity contribution in [1.82, 2.24) is 0 Å². The van der Waals surface area contributed by atoms with Crippen molar-refractivity contribution < 1.29 is 0 Å². The number of anilines is 3. The highest BCUT2D eigenvalue weighted by atomic mass is 15.1. The minimum atomic E-state index is -0.0776. The molecule has 0 radical (unpaired) electrons. The molecular formula is C49H45N. The van der Waals surface area contributed by atoms with E-state index in [0.29, 0.717) is 5.92 Å². The first-order chi connectivity index (χ1) is 24.4. The van der Waals surface area contributed by atoms with Crippen LogP contribution in [0.25, 0.3) is 33.4 Å². The van der Waals surface area contributed by atoms with Gasteiger partial charge in [-0.25, -0.2) is 0 Å². The molecule has 10 rings (SSSR count). The molecule has 0 heterocycles. The van der Waals surface area contributed by atoms with Crippen LogP contribution in [-0.2, 0) is 10.8 Å². The van der Waals surface area contributed by atoms with E-state index in [0.717, 1.165) is 11.8 Å². The van der Waals surface area contributed by atoms with E-state index in [4.69, 9.17) is 0 Å². The van der Waals surface area contributed by atoms with Crippen molar-refractivity contribution in [3.63, 3.8) is 0 Å². The average Bonchev–Trinajstić information content (AvgIpc) is 3.56. The number of hydrogen-bond acceptors (Lipinski definition) is 1. The summed E-state index contributed by atoms with van der Waals surface area (Å²) in [7, 11) is 0. The molecule has 4 aliphatic carbocycles. The fraction of sp³-hybridized carbons (Fsp3) is 0.265. The van der Waals surface area contributed by atoms with Crippen LogP contribution in [-0.4, -0.2) is 0 Å². The fourth-order valence-corrected chi connectivity index (χ4v) is 11.1. The monoisotopic (exact) mass is 647 g/mol. The Hall–Kier alpha value is -4.88. The maximum Gasteiger partial charge on any atom is 0.0540 e. The number of hydrogen-bond donors (Lipinski definition) is 0. The Kier molecular flexibility index (Phi) is 6.63. The van der Waals surface area contributed by atoms with Crippen LogP contribution in [0, 0.1) is 17.8 Å². The number of para-hydroxylation sites is 1. The van der Waals surface area contributed by atoms with Crippen LogP contribution < -0.4 is 4.90 Å². The fourth-order valence-electron chi connectivity index (χ4n) is 11.1. The van der Waals surface area contributed by atoms with E-state index in [2.05, 4.69) is 165 Å². The van der Waals surface area contributed by atoms with Gasteiger partial charge in [0.15, 0.2) is 0 Å². The summed E-state index contributed by atoms with van der Waals surface area (Å²) in [5.74, 6) is 2.42. The van der Waals surface area contributed by atoms with E-state index in [1.807, 2.05) is 0 Å². The van der Waals surface area contributed by atoms with E-state index < -0.39 is 0 Å². The Morgan fingerprint density at radius 3 is 1.96 bits per heavy atom. The van der Waals surface area contributed by atoms with Crippen molar-refractivity contribution in [2.45, 2.75) is 63.7 Å². The lowest BCUT2D eigenvalue weighted by atomic mass is 9.53. The first-order valence-electron chi connectivity index (χ1n) is 18.9. The summed E-state index contributed by atoms with van der Waals surface area (Å²) in [5, 5.41) is 0. The van der Waals surface area contributed by atoms with Gasteiger partial charge in [0.2, 0.25) is 0 Å². The second-order valence-electron chi connectivity index (χ2n) is 16.3. The van der Waals surface area contributed by atoms with Crippen molar-refractivity contribution in [2.24, 2.45) is 17.8 Å². The molecule has 0 N–H and O–H groups in total. The molecule has 50 heavy (non-hydrogen) atoms. The average molecular weight is 648 g/mol. The summed E-state index contributed by atoms with van der Waals surface area (Å²) in [6.07, 6.45) is 6.76. The second kappa shape index (κ2) is 11.1. The first-order valence-corrected chi connectivity index (χ1v) is 18.9. The Labute approximate surface area is 297 Å². The third-order valence-electron chi connectivity index (χ3n) is 13.2. The van der Waals surface area contributed by atoms with Crippen molar-refractivity contribution in [1.29, 1.82) is 0 Å². The highest BCUT2D eigenvalue weighted by Crippen LogP contribution is 2.63. The molecule has 2 saturated carbocycles. The van der Waals surface area contributed by atoms with Gasteiger partial charge in [-0.1, -0.05) is 130 Å². The maximum absolute atomic E-state index is 2.54. The Morgan fingerprint density at radius 2 is 1.14 bits per heavy atom. The summed E-state index contributed by atoms with van der Waals surface area (Å²) >= 11 is 0. The van der Waals surface area contributed by atoms with Crippen LogP contribution in [0.4, 0.5) is 17.1 Å². The third kappa shape index (κ3) is 4.25. The molecule has 4 aliphatic rings. The zero-order chi connectivity index (χ0) is 33.6. The normalized spacial score (nSPS) is 23.5. The lowest BCUT2D eigenvalue weighted by Crippen LogP contribution is -2.44. The summed E-state index contributed by atoms with van der Waals surface area (Å²) in [5.41, 5.74) is 17.7. The van der Waals surface area contributed by atoms with Gasteiger partial charge in [0.25, 0.3) is 0 Å². The highest BCUT2D eigenvalue weighted by Gasteiger charge is 2.53. The molecule has 0 amide bonds. The van der Waals surface area contributed by atoms with Gasteiger partial charge in [-0.05, 0) is 130 Å². The summed E-state index contributed by atoms with van der Waals surface area (Å²) in [6, 6.07) is 53.0. The van der Waals surface area contributed by atoms with Gasteiger partial charge in [0.1, 0.15) is 0 Å². The molecule has 0 saturated heterocycles. The number of fused-ring (bicyclic) bond motifs is 11. The van der Waals surface area contributed by atoms with E-state index in [-0.39, 0.29) is 10.8 Å². The van der Waals surface area contributed by atoms with Crippen molar-refractivity contribution >= 4 is 17.1 Å². The van der Waals surface area contributed by atoms with Gasteiger partial charge in [-0.3, -0.25) is 0 Å². The number of nitrogens with zero attached hydrogens (tertiary/aromatic N) is 1. The van der Waals surface area contributed by atoms with Crippen molar-refractivity contribution in [2.75, 3.05) is 4.90 Å². The van der Waals surface area contributed by atoms with Gasteiger partial charge in [-0.15, -0.1) is 0 Å². The van der Waals surface area contributed by atoms with E-state index in [9.17, 15) is 0 Å². The third-order valence-corrected chi connectivity index (χ3v) is 13.2. The lowest BCUT2D eigenvalue weighted by molar-refractivity contribution is 0.0856. The van der Waals surface area contributed by atoms with Gasteiger partial charge >= 0.3 is 0 Å². The minimum absolute atomic E-state index is 0.0776. The van der Waals surface area contributed by atoms with Gasteiger partial charge in [0.05, 0.1) is 5.69 Å². The molecule has 1 nitrogen and oxygen atoms in total. The zero-order valence-electron chi connectivity index (χ0n) is 29.5. The molecule has 246 valence electrons. The Bertz CT molecular complexity index is 2280. The predicted molar refractivity (Wildman–Crippen MR) is 210 cm³/mol. The van der Waals surface area contributed by atoms with Crippen LogP contribution in [0.2, 0.25) is 0 Å². The van der Waals surface area contributed by atoms with Crippen LogP contribution >= 0.6 is 0 Å². The highest BCUT2D eigenvalue weighted by molar-refractivity contribution is 5.93. The topological polar surface area (TPSA) is 3.24 Å². The molecular weight excluding hydrogens is 603 g/mol. The molecule has 6 aromatic rings. The molecule has 1 heteroatoms. The summed E-state index contributed by atoms with van der Waals surface area (Å²) in [4.78, 5) is 2.54. The largest absolute Gasteiger partial charge is 0.310 e. The van der Waals surface area contributed by atoms with Gasteiger partial charge in [-0.2, -0.15) is 0 Å². The zero-order valence-corrected chi connectivity index (χ0v) is 29.5. The minimum Gasteiger partial charge on any atom is -0.310 e. The molecule has 6 aromatic carbocycles. The van der Waals surface area contributed by atoms with Crippen LogP contribution in [0.15, 0.2) is 140 Å². The van der Waals surface area contributed by atoms with E-state index >= 15 is 0 Å². The standard InChI is InChI=1S/C49H45N/c1-32-27-33-25-26-49(35(28-32)29-33)44-19-11-8-17-40(44)42-30-36(22-24-45(42)49)50(47-20-12-9-15-38(47)34-13-5-4-6-14-34)37-21-23-41-39-16-7-10-18-43(39)48(2,3)46(41)31-37/h4-24,30-33,35H,25-29H2,1-3H3. The van der Waals surface area contributed by atoms with Gasteiger partial charge < -0.3 is 4.90 Å². The van der Waals surface area contributed by atoms with E-state index in [1.165, 1.54) is 93.7 Å². The van der Waals surface area contributed by atoms with Gasteiger partial charge in [0, 0.05) is 27.8 Å². The van der Waals surface area contributed by atoms with Crippen LogP contribution in [0.5, 0.6) is 0 Å². The maximum atomic E-state index is 2.54. The SMILES string of the molecule is CC1CC2CCC3(c4ccccc4-c4cc(N(c5ccc6c(c5)C(C)(C)c5ccccc5-6)c5ccccc5-c5ccccc5)ccc43)C(C1)C2. The Balaban J connectivity index is 1.19. The van der Waals surface area contributed by atoms with Crippen LogP contribution in [0.1, 0.15) is 75.1 Å². The molecule has 4 atom stereocenters. The number of rotatable bonds is 4. The smallest absolute Gasteiger partial charge is 0.0540 e. The lowest BCUT2D eigenvalue weighted by Gasteiger charge is -2.50. The van der Waals surface area contributed by atoms with Crippen molar-refractivity contribution in [3.05, 3.63) is 162 Å². The molecule has 0 aromatic heterocycles. The molecule has 2 bridgehead atoms. The van der Waals surface area contributed by atoms with Crippen LogP contribution in [0.3, 0.4) is 0 Å². The second-order valence-corrected chi connectivity index (χ2v) is 16.3. The summed E-state index contributed by atoms with van der Waals surface area (Å²) < 4.78 is 0.